The Bertz CT molecular complexity index is 635. The number of methoxy groups -OCH3 is 1. The number of ether oxygens (including phenoxy) is 2. The molecular formula is C15H18N2O4. The Labute approximate surface area is 122 Å². The van der Waals surface area contributed by atoms with E-state index in [9.17, 15) is 9.59 Å². The molecule has 0 saturated carbocycles. The van der Waals surface area contributed by atoms with Crippen molar-refractivity contribution in [1.82, 2.24) is 10.3 Å². The average molecular weight is 290 g/mol. The number of nitrogens with one attached hydrogen (secondary N) is 2. The van der Waals surface area contributed by atoms with Crippen LogP contribution in [-0.4, -0.2) is 36.8 Å². The van der Waals surface area contributed by atoms with Crippen LogP contribution >= 0.6 is 0 Å². The fraction of sp³-hybridized carbons (Fsp3) is 0.333. The van der Waals surface area contributed by atoms with Gasteiger partial charge in [-0.25, -0.2) is 9.59 Å². The van der Waals surface area contributed by atoms with Crippen LogP contribution in [0.3, 0.4) is 0 Å². The minimum atomic E-state index is -0.784. The third kappa shape index (κ3) is 3.53. The molecule has 0 bridgehead atoms. The number of rotatable bonds is 5. The van der Waals surface area contributed by atoms with Gasteiger partial charge in [-0.2, -0.15) is 0 Å². The monoisotopic (exact) mass is 290 g/mol. The Morgan fingerprint density at radius 2 is 2.10 bits per heavy atom. The van der Waals surface area contributed by atoms with Gasteiger partial charge in [-0.05, 0) is 18.6 Å². The Morgan fingerprint density at radius 3 is 2.81 bits per heavy atom. The number of fused-ring (bicyclic) bond motifs is 1. The van der Waals surface area contributed by atoms with Crippen molar-refractivity contribution in [3.05, 3.63) is 36.0 Å². The summed E-state index contributed by atoms with van der Waals surface area (Å²) in [6.45, 7) is 1.94. The Morgan fingerprint density at radius 1 is 1.33 bits per heavy atom. The highest BCUT2D eigenvalue weighted by molar-refractivity contribution is 5.86. The van der Waals surface area contributed by atoms with Crippen molar-refractivity contribution < 1.29 is 19.1 Å². The molecule has 1 amide bonds. The molecule has 0 radical (unpaired) electrons. The summed E-state index contributed by atoms with van der Waals surface area (Å²) in [6, 6.07) is 6.97. The van der Waals surface area contributed by atoms with Gasteiger partial charge in [0.2, 0.25) is 0 Å². The molecule has 1 aromatic heterocycles. The van der Waals surface area contributed by atoms with Gasteiger partial charge in [-0.1, -0.05) is 18.2 Å². The van der Waals surface area contributed by atoms with Gasteiger partial charge in [0.25, 0.3) is 0 Å². The molecule has 0 saturated heterocycles. The van der Waals surface area contributed by atoms with E-state index in [1.165, 1.54) is 7.11 Å². The van der Waals surface area contributed by atoms with E-state index in [0.717, 1.165) is 16.5 Å². The van der Waals surface area contributed by atoms with Gasteiger partial charge >= 0.3 is 12.1 Å². The van der Waals surface area contributed by atoms with E-state index in [1.807, 2.05) is 30.5 Å². The zero-order valence-corrected chi connectivity index (χ0v) is 12.0. The number of carbonyl (C=O) groups is 2. The van der Waals surface area contributed by atoms with Crippen LogP contribution < -0.4 is 5.32 Å². The summed E-state index contributed by atoms with van der Waals surface area (Å²) in [5.74, 6) is -0.506. The minimum absolute atomic E-state index is 0.243. The minimum Gasteiger partial charge on any atom is -0.467 e. The smallest absolute Gasteiger partial charge is 0.407 e. The first kappa shape index (κ1) is 14.9. The molecule has 112 valence electrons. The summed E-state index contributed by atoms with van der Waals surface area (Å²) in [6.07, 6.45) is 1.52. The van der Waals surface area contributed by atoms with Crippen molar-refractivity contribution in [2.75, 3.05) is 13.7 Å². The van der Waals surface area contributed by atoms with Gasteiger partial charge in [-0.3, -0.25) is 0 Å². The molecule has 0 unspecified atom stereocenters. The number of alkyl carbamates (subject to hydrolysis) is 1. The summed E-state index contributed by atoms with van der Waals surface area (Å²) in [5, 5.41) is 3.53. The lowest BCUT2D eigenvalue weighted by molar-refractivity contribution is -0.142. The second kappa shape index (κ2) is 6.78. The fourth-order valence-corrected chi connectivity index (χ4v) is 2.17. The van der Waals surface area contributed by atoms with Crippen LogP contribution in [0.15, 0.2) is 30.5 Å². The number of aromatic amines is 1. The van der Waals surface area contributed by atoms with Crippen LogP contribution in [0.2, 0.25) is 0 Å². The fourth-order valence-electron chi connectivity index (χ4n) is 2.17. The van der Waals surface area contributed by atoms with Crippen molar-refractivity contribution in [2.24, 2.45) is 0 Å². The number of H-pyrrole nitrogens is 1. The van der Waals surface area contributed by atoms with Gasteiger partial charge in [0.1, 0.15) is 6.04 Å². The zero-order valence-electron chi connectivity index (χ0n) is 12.0. The van der Waals surface area contributed by atoms with Gasteiger partial charge in [0.05, 0.1) is 13.7 Å². The van der Waals surface area contributed by atoms with E-state index in [1.54, 1.807) is 6.92 Å². The van der Waals surface area contributed by atoms with Crippen LogP contribution in [0.1, 0.15) is 12.5 Å². The summed E-state index contributed by atoms with van der Waals surface area (Å²) >= 11 is 0. The van der Waals surface area contributed by atoms with Crippen LogP contribution in [0, 0.1) is 0 Å². The first-order chi connectivity index (χ1) is 10.2. The predicted molar refractivity (Wildman–Crippen MR) is 78.0 cm³/mol. The number of benzene rings is 1. The van der Waals surface area contributed by atoms with Crippen molar-refractivity contribution in [1.29, 1.82) is 0 Å². The van der Waals surface area contributed by atoms with Crippen LogP contribution in [0.4, 0.5) is 4.79 Å². The number of esters is 1. The maximum atomic E-state index is 11.8. The Balaban J connectivity index is 2.18. The molecule has 1 atom stereocenters. The lowest BCUT2D eigenvalue weighted by atomic mass is 10.1. The van der Waals surface area contributed by atoms with E-state index in [-0.39, 0.29) is 6.61 Å². The van der Waals surface area contributed by atoms with Crippen molar-refractivity contribution in [3.63, 3.8) is 0 Å². The molecule has 0 fully saturated rings. The molecule has 0 aliphatic rings. The summed E-state index contributed by atoms with van der Waals surface area (Å²) < 4.78 is 9.54. The van der Waals surface area contributed by atoms with E-state index < -0.39 is 18.1 Å². The average Bonchev–Trinajstić information content (AvgIpc) is 2.89. The molecule has 6 heteroatoms. The van der Waals surface area contributed by atoms with Crippen molar-refractivity contribution in [3.8, 4) is 0 Å². The van der Waals surface area contributed by atoms with Crippen molar-refractivity contribution >= 4 is 23.0 Å². The normalized spacial score (nSPS) is 11.9. The maximum Gasteiger partial charge on any atom is 0.407 e. The van der Waals surface area contributed by atoms with E-state index in [4.69, 9.17) is 9.47 Å². The Hall–Kier alpha value is -2.50. The lowest BCUT2D eigenvalue weighted by Crippen LogP contribution is -2.43. The molecule has 2 rings (SSSR count). The molecule has 0 spiro atoms. The molecule has 2 aromatic rings. The second-order valence-electron chi connectivity index (χ2n) is 4.50. The molecule has 1 aromatic carbocycles. The standard InChI is InChI=1S/C15H18N2O4/c1-3-21-15(19)17-13(14(18)20-2)8-10-9-16-12-7-5-4-6-11(10)12/h4-7,9,13,16H,3,8H2,1-2H3,(H,17,19)/t13-/m0/s1. The highest BCUT2D eigenvalue weighted by atomic mass is 16.6. The van der Waals surface area contributed by atoms with Gasteiger partial charge in [-0.15, -0.1) is 0 Å². The molecule has 21 heavy (non-hydrogen) atoms. The van der Waals surface area contributed by atoms with Crippen LogP contribution in [0.25, 0.3) is 10.9 Å². The van der Waals surface area contributed by atoms with E-state index in [0.29, 0.717) is 6.42 Å². The highest BCUT2D eigenvalue weighted by Crippen LogP contribution is 2.19. The topological polar surface area (TPSA) is 80.4 Å². The number of hydrogen-bond acceptors (Lipinski definition) is 4. The number of hydrogen-bond donors (Lipinski definition) is 2. The highest BCUT2D eigenvalue weighted by Gasteiger charge is 2.23. The largest absolute Gasteiger partial charge is 0.467 e. The summed E-state index contributed by atoms with van der Waals surface area (Å²) in [4.78, 5) is 26.5. The summed E-state index contributed by atoms with van der Waals surface area (Å²) in [5.41, 5.74) is 1.91. The molecular weight excluding hydrogens is 272 g/mol. The van der Waals surface area contributed by atoms with Crippen LogP contribution in [0.5, 0.6) is 0 Å². The number of para-hydroxylation sites is 1. The van der Waals surface area contributed by atoms with Gasteiger partial charge < -0.3 is 19.8 Å². The number of aromatic nitrogens is 1. The molecule has 1 heterocycles. The lowest BCUT2D eigenvalue weighted by Gasteiger charge is -2.15. The number of carbonyl (C=O) groups excluding carboxylic acids is 2. The van der Waals surface area contributed by atoms with Crippen molar-refractivity contribution in [2.45, 2.75) is 19.4 Å². The molecule has 6 nitrogen and oxygen atoms in total. The molecule has 2 N–H and O–H groups in total. The molecule has 0 aliphatic heterocycles. The SMILES string of the molecule is CCOC(=O)N[C@@H](Cc1c[nH]c2ccccc12)C(=O)OC. The van der Waals surface area contributed by atoms with E-state index in [2.05, 4.69) is 10.3 Å². The van der Waals surface area contributed by atoms with E-state index >= 15 is 0 Å². The predicted octanol–water partition coefficient (Wildman–Crippen LogP) is 2.00. The maximum absolute atomic E-state index is 11.8. The second-order valence-corrected chi connectivity index (χ2v) is 4.50. The third-order valence-electron chi connectivity index (χ3n) is 3.15. The molecule has 0 aliphatic carbocycles. The first-order valence-corrected chi connectivity index (χ1v) is 6.71. The third-order valence-corrected chi connectivity index (χ3v) is 3.15. The Kier molecular flexibility index (Phi) is 4.81. The quantitative estimate of drug-likeness (QED) is 0.825. The number of amides is 1. The van der Waals surface area contributed by atoms with Crippen LogP contribution in [-0.2, 0) is 20.7 Å². The summed E-state index contributed by atoms with van der Waals surface area (Å²) in [7, 11) is 1.29. The first-order valence-electron chi connectivity index (χ1n) is 6.71. The van der Waals surface area contributed by atoms with Gasteiger partial charge in [0.15, 0.2) is 0 Å². The zero-order chi connectivity index (χ0) is 15.2. The van der Waals surface area contributed by atoms with Gasteiger partial charge in [0, 0.05) is 23.5 Å².